The highest BCUT2D eigenvalue weighted by molar-refractivity contribution is 7.10. The van der Waals surface area contributed by atoms with Gasteiger partial charge in [0.2, 0.25) is 11.6 Å². The molecule has 2 aromatic heterocycles. The van der Waals surface area contributed by atoms with Gasteiger partial charge in [-0.15, -0.1) is 11.3 Å². The maximum atomic E-state index is 9.20. The van der Waals surface area contributed by atoms with E-state index in [4.69, 9.17) is 4.42 Å². The zero-order valence-corrected chi connectivity index (χ0v) is 14.2. The van der Waals surface area contributed by atoms with Crippen LogP contribution >= 0.6 is 11.3 Å². The summed E-state index contributed by atoms with van der Waals surface area (Å²) in [5, 5.41) is 14.6. The number of thiophene rings is 1. The molecule has 3 rings (SSSR count). The van der Waals surface area contributed by atoms with E-state index in [2.05, 4.69) is 38.8 Å². The second-order valence-corrected chi connectivity index (χ2v) is 6.74. The molecule has 0 saturated carbocycles. The monoisotopic (exact) mass is 330 g/mol. The van der Waals surface area contributed by atoms with E-state index in [1.54, 1.807) is 11.3 Å². The Morgan fingerprint density at radius 1 is 1.43 bits per heavy atom. The van der Waals surface area contributed by atoms with Gasteiger partial charge in [0.1, 0.15) is 6.07 Å². The molecule has 3 heterocycles. The molecular formula is C17H22N4OS. The van der Waals surface area contributed by atoms with E-state index < -0.39 is 0 Å². The van der Waals surface area contributed by atoms with Crippen molar-refractivity contribution in [1.29, 1.82) is 5.26 Å². The number of rotatable bonds is 6. The molecule has 2 aromatic rings. The summed E-state index contributed by atoms with van der Waals surface area (Å²) in [5.74, 6) is 1.11. The van der Waals surface area contributed by atoms with E-state index in [1.807, 2.05) is 6.92 Å². The predicted octanol–water partition coefficient (Wildman–Crippen LogP) is 3.81. The number of aryl methyl sites for hydroxylation is 1. The van der Waals surface area contributed by atoms with Crippen LogP contribution in [0.25, 0.3) is 0 Å². The minimum atomic E-state index is 0.317. The van der Waals surface area contributed by atoms with Crippen LogP contribution in [0.15, 0.2) is 21.9 Å². The van der Waals surface area contributed by atoms with Gasteiger partial charge in [-0.1, -0.05) is 19.4 Å². The van der Waals surface area contributed by atoms with Crippen LogP contribution in [0.4, 0.5) is 5.88 Å². The van der Waals surface area contributed by atoms with E-state index in [0.29, 0.717) is 29.9 Å². The molecule has 1 aliphatic rings. The Morgan fingerprint density at radius 2 is 2.26 bits per heavy atom. The largest absolute Gasteiger partial charge is 0.424 e. The molecule has 1 saturated heterocycles. The summed E-state index contributed by atoms with van der Waals surface area (Å²) in [6, 6.07) is 6.71. The molecule has 23 heavy (non-hydrogen) atoms. The van der Waals surface area contributed by atoms with Crippen LogP contribution in [0, 0.1) is 11.3 Å². The van der Waals surface area contributed by atoms with E-state index in [9.17, 15) is 5.26 Å². The van der Waals surface area contributed by atoms with Gasteiger partial charge >= 0.3 is 0 Å². The van der Waals surface area contributed by atoms with E-state index in [1.165, 1.54) is 24.1 Å². The third-order valence-corrected chi connectivity index (χ3v) is 5.21. The highest BCUT2D eigenvalue weighted by Crippen LogP contribution is 2.29. The standard InChI is InChI=1S/C17H22N4OS/c1-2-16-20-13(11-18)17(22-16)19-12-14(15-7-6-10-23-15)21-8-4-3-5-9-21/h6-7,10,14,19H,2-5,8-9,12H2,1H3/t14-/m0/s1. The summed E-state index contributed by atoms with van der Waals surface area (Å²) >= 11 is 1.79. The van der Waals surface area contributed by atoms with Crippen LogP contribution in [0.5, 0.6) is 0 Å². The first-order valence-electron chi connectivity index (χ1n) is 8.23. The summed E-state index contributed by atoms with van der Waals surface area (Å²) in [6.07, 6.45) is 4.53. The normalized spacial score (nSPS) is 16.9. The zero-order valence-electron chi connectivity index (χ0n) is 13.4. The van der Waals surface area contributed by atoms with Crippen LogP contribution in [-0.2, 0) is 6.42 Å². The van der Waals surface area contributed by atoms with Crippen LogP contribution in [0.2, 0.25) is 0 Å². The third-order valence-electron chi connectivity index (χ3n) is 4.24. The number of nitrogens with one attached hydrogen (secondary N) is 1. The van der Waals surface area contributed by atoms with Crippen molar-refractivity contribution >= 4 is 17.2 Å². The Morgan fingerprint density at radius 3 is 2.91 bits per heavy atom. The van der Waals surface area contributed by atoms with E-state index >= 15 is 0 Å². The molecule has 1 N–H and O–H groups in total. The van der Waals surface area contributed by atoms with Gasteiger partial charge in [0.15, 0.2) is 5.89 Å². The summed E-state index contributed by atoms with van der Waals surface area (Å²) in [6.45, 7) is 4.96. The minimum absolute atomic E-state index is 0.317. The third kappa shape index (κ3) is 3.74. The summed E-state index contributed by atoms with van der Waals surface area (Å²) in [4.78, 5) is 8.09. The SMILES string of the molecule is CCc1nc(C#N)c(NC[C@@H](c2cccs2)N2CCCCC2)o1. The first-order valence-corrected chi connectivity index (χ1v) is 9.11. The quantitative estimate of drug-likeness (QED) is 0.872. The molecule has 0 aromatic carbocycles. The Hall–Kier alpha value is -1.84. The molecule has 0 spiro atoms. The van der Waals surface area contributed by atoms with Crippen molar-refractivity contribution < 1.29 is 4.42 Å². The van der Waals surface area contributed by atoms with Gasteiger partial charge in [-0.05, 0) is 37.4 Å². The minimum Gasteiger partial charge on any atom is -0.424 e. The van der Waals surface area contributed by atoms with Crippen molar-refractivity contribution in [3.05, 3.63) is 34.0 Å². The van der Waals surface area contributed by atoms with Crippen LogP contribution < -0.4 is 5.32 Å². The molecule has 1 fully saturated rings. The molecule has 5 nitrogen and oxygen atoms in total. The lowest BCUT2D eigenvalue weighted by molar-refractivity contribution is 0.172. The number of hydrogen-bond donors (Lipinski definition) is 1. The number of likely N-dealkylation sites (tertiary alicyclic amines) is 1. The Bertz CT molecular complexity index is 653. The lowest BCUT2D eigenvalue weighted by Crippen LogP contribution is -2.36. The molecule has 0 aliphatic carbocycles. The number of hydrogen-bond acceptors (Lipinski definition) is 6. The zero-order chi connectivity index (χ0) is 16.1. The van der Waals surface area contributed by atoms with Gasteiger partial charge in [0, 0.05) is 17.8 Å². The average Bonchev–Trinajstić information content (AvgIpc) is 3.25. The van der Waals surface area contributed by atoms with Crippen molar-refractivity contribution in [3.63, 3.8) is 0 Å². The van der Waals surface area contributed by atoms with Crippen molar-refractivity contribution in [2.24, 2.45) is 0 Å². The van der Waals surface area contributed by atoms with Crippen molar-refractivity contribution in [1.82, 2.24) is 9.88 Å². The molecule has 1 aliphatic heterocycles. The van der Waals surface area contributed by atoms with Gasteiger partial charge in [0.25, 0.3) is 0 Å². The number of nitriles is 1. The lowest BCUT2D eigenvalue weighted by Gasteiger charge is -2.34. The number of piperidine rings is 1. The van der Waals surface area contributed by atoms with Crippen LogP contribution in [0.3, 0.4) is 0 Å². The first-order chi connectivity index (χ1) is 11.3. The van der Waals surface area contributed by atoms with E-state index in [0.717, 1.165) is 19.6 Å². The molecular weight excluding hydrogens is 308 g/mol. The van der Waals surface area contributed by atoms with Gasteiger partial charge < -0.3 is 9.73 Å². The lowest BCUT2D eigenvalue weighted by atomic mass is 10.1. The molecule has 0 bridgehead atoms. The van der Waals surface area contributed by atoms with Gasteiger partial charge in [-0.3, -0.25) is 4.90 Å². The number of anilines is 1. The molecule has 122 valence electrons. The summed E-state index contributed by atoms with van der Waals surface area (Å²) < 4.78 is 5.65. The average molecular weight is 330 g/mol. The Kier molecular flexibility index (Phi) is 5.31. The number of nitrogens with zero attached hydrogens (tertiary/aromatic N) is 3. The van der Waals surface area contributed by atoms with E-state index in [-0.39, 0.29) is 0 Å². The number of aromatic nitrogens is 1. The Balaban J connectivity index is 1.74. The summed E-state index contributed by atoms with van der Waals surface area (Å²) in [5.41, 5.74) is 0.352. The Labute approximate surface area is 140 Å². The second kappa shape index (κ2) is 7.62. The van der Waals surface area contributed by atoms with Gasteiger partial charge in [-0.25, -0.2) is 4.98 Å². The summed E-state index contributed by atoms with van der Waals surface area (Å²) in [7, 11) is 0. The molecule has 1 atom stereocenters. The molecule has 0 radical (unpaired) electrons. The fourth-order valence-electron chi connectivity index (χ4n) is 3.02. The smallest absolute Gasteiger partial charge is 0.232 e. The highest BCUT2D eigenvalue weighted by Gasteiger charge is 2.24. The van der Waals surface area contributed by atoms with Crippen LogP contribution in [0.1, 0.15) is 48.7 Å². The molecule has 6 heteroatoms. The van der Waals surface area contributed by atoms with Gasteiger partial charge in [0.05, 0.1) is 6.04 Å². The van der Waals surface area contributed by atoms with Crippen molar-refractivity contribution in [2.45, 2.75) is 38.6 Å². The number of oxazole rings is 1. The van der Waals surface area contributed by atoms with Crippen LogP contribution in [-0.4, -0.2) is 29.5 Å². The maximum absolute atomic E-state index is 9.20. The van der Waals surface area contributed by atoms with Crippen molar-refractivity contribution in [3.8, 4) is 6.07 Å². The maximum Gasteiger partial charge on any atom is 0.232 e. The fourth-order valence-corrected chi connectivity index (χ4v) is 3.88. The first kappa shape index (κ1) is 16.0. The molecule has 0 amide bonds. The van der Waals surface area contributed by atoms with Crippen molar-refractivity contribution in [2.75, 3.05) is 25.0 Å². The topological polar surface area (TPSA) is 65.1 Å². The second-order valence-electron chi connectivity index (χ2n) is 5.76. The van der Waals surface area contributed by atoms with Gasteiger partial charge in [-0.2, -0.15) is 5.26 Å². The predicted molar refractivity (Wildman–Crippen MR) is 91.6 cm³/mol. The highest BCUT2D eigenvalue weighted by atomic mass is 32.1. The molecule has 0 unspecified atom stereocenters. The fraction of sp³-hybridized carbons (Fsp3) is 0.529.